The number of benzene rings is 1. The van der Waals surface area contributed by atoms with E-state index in [1.807, 2.05) is 19.1 Å². The molecule has 2 rings (SSSR count). The lowest BCUT2D eigenvalue weighted by molar-refractivity contribution is 0.591. The normalized spacial score (nSPS) is 23.4. The van der Waals surface area contributed by atoms with Crippen LogP contribution >= 0.6 is 0 Å². The zero-order valence-corrected chi connectivity index (χ0v) is 9.06. The van der Waals surface area contributed by atoms with Gasteiger partial charge in [-0.05, 0) is 25.6 Å². The molecule has 1 heterocycles. The van der Waals surface area contributed by atoms with Crippen molar-refractivity contribution in [3.05, 3.63) is 29.3 Å². The van der Waals surface area contributed by atoms with E-state index in [0.717, 1.165) is 11.1 Å². The first-order chi connectivity index (χ1) is 6.54. The molecule has 1 atom stereocenters. The van der Waals surface area contributed by atoms with E-state index in [0.29, 0.717) is 4.90 Å². The average Bonchev–Trinajstić information content (AvgIpc) is 2.37. The van der Waals surface area contributed by atoms with Crippen LogP contribution in [0.15, 0.2) is 23.1 Å². The van der Waals surface area contributed by atoms with Crippen molar-refractivity contribution in [2.24, 2.45) is 0 Å². The Hall–Kier alpha value is -0.870. The van der Waals surface area contributed by atoms with Crippen molar-refractivity contribution in [2.45, 2.75) is 17.9 Å². The minimum atomic E-state index is -3.05. The van der Waals surface area contributed by atoms with Crippen molar-refractivity contribution >= 4 is 9.84 Å². The fourth-order valence-corrected chi connectivity index (χ4v) is 3.66. The molecule has 14 heavy (non-hydrogen) atoms. The van der Waals surface area contributed by atoms with E-state index in [9.17, 15) is 8.42 Å². The molecule has 0 fully saturated rings. The molecule has 1 aliphatic rings. The van der Waals surface area contributed by atoms with Crippen LogP contribution in [0.25, 0.3) is 0 Å². The van der Waals surface area contributed by atoms with Crippen LogP contribution in [0.5, 0.6) is 0 Å². The third kappa shape index (κ3) is 1.35. The summed E-state index contributed by atoms with van der Waals surface area (Å²) >= 11 is 0. The molecule has 1 aliphatic heterocycles. The molecule has 0 amide bonds. The Labute approximate surface area is 84.1 Å². The van der Waals surface area contributed by atoms with Gasteiger partial charge in [0.2, 0.25) is 0 Å². The third-order valence-electron chi connectivity index (χ3n) is 2.61. The fraction of sp³-hybridized carbons (Fsp3) is 0.400. The SMILES string of the molecule is CNC1CS(=O)(=O)c2ccc(C)cc21. The van der Waals surface area contributed by atoms with E-state index in [-0.39, 0.29) is 11.8 Å². The maximum atomic E-state index is 11.7. The highest BCUT2D eigenvalue weighted by Crippen LogP contribution is 2.33. The Balaban J connectivity index is 2.65. The molecule has 1 unspecified atom stereocenters. The monoisotopic (exact) mass is 211 g/mol. The maximum Gasteiger partial charge on any atom is 0.180 e. The summed E-state index contributed by atoms with van der Waals surface area (Å²) in [5, 5.41) is 3.02. The summed E-state index contributed by atoms with van der Waals surface area (Å²) in [4.78, 5) is 0.488. The summed E-state index contributed by atoms with van der Waals surface area (Å²) in [5.41, 5.74) is 2.01. The van der Waals surface area contributed by atoms with Crippen molar-refractivity contribution in [2.75, 3.05) is 12.8 Å². The first-order valence-electron chi connectivity index (χ1n) is 4.55. The predicted octanol–water partition coefficient (Wildman–Crippen LogP) is 1.04. The summed E-state index contributed by atoms with van der Waals surface area (Å²) in [6, 6.07) is 5.45. The highest BCUT2D eigenvalue weighted by molar-refractivity contribution is 7.91. The lowest BCUT2D eigenvalue weighted by Gasteiger charge is -2.07. The molecular weight excluding hydrogens is 198 g/mol. The van der Waals surface area contributed by atoms with E-state index >= 15 is 0 Å². The second kappa shape index (κ2) is 3.07. The van der Waals surface area contributed by atoms with E-state index in [1.165, 1.54) is 0 Å². The molecule has 4 heteroatoms. The van der Waals surface area contributed by atoms with Gasteiger partial charge < -0.3 is 5.32 Å². The summed E-state index contributed by atoms with van der Waals surface area (Å²) in [6.07, 6.45) is 0. The van der Waals surface area contributed by atoms with Crippen molar-refractivity contribution in [1.82, 2.24) is 5.32 Å². The smallest absolute Gasteiger partial charge is 0.180 e. The Morgan fingerprint density at radius 2 is 2.14 bits per heavy atom. The van der Waals surface area contributed by atoms with E-state index in [4.69, 9.17) is 0 Å². The van der Waals surface area contributed by atoms with Gasteiger partial charge in [0.1, 0.15) is 0 Å². The molecule has 1 aromatic carbocycles. The molecule has 0 aromatic heterocycles. The molecule has 0 bridgehead atoms. The minimum Gasteiger partial charge on any atom is -0.312 e. The van der Waals surface area contributed by atoms with Gasteiger partial charge in [0, 0.05) is 6.04 Å². The Morgan fingerprint density at radius 1 is 1.43 bits per heavy atom. The fourth-order valence-electron chi connectivity index (χ4n) is 1.86. The summed E-state index contributed by atoms with van der Waals surface area (Å²) < 4.78 is 23.4. The van der Waals surface area contributed by atoms with Gasteiger partial charge in [0.15, 0.2) is 9.84 Å². The lowest BCUT2D eigenvalue weighted by atomic mass is 10.1. The van der Waals surface area contributed by atoms with Gasteiger partial charge in [-0.25, -0.2) is 8.42 Å². The second-order valence-electron chi connectivity index (χ2n) is 3.66. The number of rotatable bonds is 1. The van der Waals surface area contributed by atoms with Gasteiger partial charge in [-0.2, -0.15) is 0 Å². The number of hydrogen-bond acceptors (Lipinski definition) is 3. The third-order valence-corrected chi connectivity index (χ3v) is 4.42. The molecule has 0 saturated carbocycles. The standard InChI is InChI=1S/C10H13NO2S/c1-7-3-4-10-8(5-7)9(11-2)6-14(10,12)13/h3-5,9,11H,6H2,1-2H3. The molecule has 0 radical (unpaired) electrons. The molecule has 1 N–H and O–H groups in total. The van der Waals surface area contributed by atoms with Gasteiger partial charge in [-0.15, -0.1) is 0 Å². The van der Waals surface area contributed by atoms with Crippen molar-refractivity contribution < 1.29 is 8.42 Å². The Bertz CT molecular complexity index is 465. The zero-order chi connectivity index (χ0) is 10.3. The van der Waals surface area contributed by atoms with Crippen LogP contribution in [0.4, 0.5) is 0 Å². The van der Waals surface area contributed by atoms with Gasteiger partial charge in [0.25, 0.3) is 0 Å². The van der Waals surface area contributed by atoms with Crippen LogP contribution in [0, 0.1) is 6.92 Å². The number of sulfone groups is 1. The zero-order valence-electron chi connectivity index (χ0n) is 8.24. The minimum absolute atomic E-state index is 0.0464. The molecule has 3 nitrogen and oxygen atoms in total. The Kier molecular flexibility index (Phi) is 2.12. The topological polar surface area (TPSA) is 46.2 Å². The van der Waals surface area contributed by atoms with Crippen LogP contribution < -0.4 is 5.32 Å². The van der Waals surface area contributed by atoms with Gasteiger partial charge in [-0.1, -0.05) is 17.7 Å². The number of aryl methyl sites for hydroxylation is 1. The van der Waals surface area contributed by atoms with Crippen LogP contribution in [-0.2, 0) is 9.84 Å². The van der Waals surface area contributed by atoms with Crippen LogP contribution in [-0.4, -0.2) is 21.2 Å². The van der Waals surface area contributed by atoms with E-state index in [1.54, 1.807) is 13.1 Å². The van der Waals surface area contributed by atoms with Gasteiger partial charge >= 0.3 is 0 Å². The molecule has 1 aromatic rings. The second-order valence-corrected chi connectivity index (χ2v) is 5.67. The van der Waals surface area contributed by atoms with Crippen molar-refractivity contribution in [3.63, 3.8) is 0 Å². The van der Waals surface area contributed by atoms with Crippen LogP contribution in [0.3, 0.4) is 0 Å². The van der Waals surface area contributed by atoms with Gasteiger partial charge in [0.05, 0.1) is 10.6 Å². The van der Waals surface area contributed by atoms with E-state index in [2.05, 4.69) is 5.32 Å². The van der Waals surface area contributed by atoms with Crippen molar-refractivity contribution in [3.8, 4) is 0 Å². The molecule has 0 spiro atoms. The Morgan fingerprint density at radius 3 is 2.79 bits per heavy atom. The van der Waals surface area contributed by atoms with Crippen LogP contribution in [0.1, 0.15) is 17.2 Å². The summed E-state index contributed by atoms with van der Waals surface area (Å²) in [6.45, 7) is 1.97. The first-order valence-corrected chi connectivity index (χ1v) is 6.20. The number of fused-ring (bicyclic) bond motifs is 1. The first kappa shape index (κ1) is 9.68. The predicted molar refractivity (Wildman–Crippen MR) is 55.0 cm³/mol. The molecule has 0 saturated heterocycles. The largest absolute Gasteiger partial charge is 0.312 e. The summed E-state index contributed by atoms with van der Waals surface area (Å²) in [7, 11) is -1.26. The average molecular weight is 211 g/mol. The van der Waals surface area contributed by atoms with Gasteiger partial charge in [-0.3, -0.25) is 0 Å². The molecule has 0 aliphatic carbocycles. The molecular formula is C10H13NO2S. The van der Waals surface area contributed by atoms with E-state index < -0.39 is 9.84 Å². The lowest BCUT2D eigenvalue weighted by Crippen LogP contribution is -2.17. The quantitative estimate of drug-likeness (QED) is 0.755. The van der Waals surface area contributed by atoms with Crippen LogP contribution in [0.2, 0.25) is 0 Å². The number of hydrogen-bond donors (Lipinski definition) is 1. The highest BCUT2D eigenvalue weighted by atomic mass is 32.2. The highest BCUT2D eigenvalue weighted by Gasteiger charge is 2.33. The number of nitrogens with one attached hydrogen (secondary N) is 1. The van der Waals surface area contributed by atoms with Crippen molar-refractivity contribution in [1.29, 1.82) is 0 Å². The summed E-state index contributed by atoms with van der Waals surface area (Å²) in [5.74, 6) is 0.183. The molecule has 76 valence electrons. The maximum absolute atomic E-state index is 11.7.